The van der Waals surface area contributed by atoms with Gasteiger partial charge in [0.2, 0.25) is 0 Å². The molecule has 0 radical (unpaired) electrons. The van der Waals surface area contributed by atoms with Crippen LogP contribution in [0.1, 0.15) is 53.9 Å². The van der Waals surface area contributed by atoms with Crippen molar-refractivity contribution in [3.05, 3.63) is 0 Å². The second-order valence-corrected chi connectivity index (χ2v) is 6.46. The molecule has 0 aromatic heterocycles. The van der Waals surface area contributed by atoms with Crippen LogP contribution >= 0.6 is 0 Å². The topological polar surface area (TPSA) is 29.3 Å². The molecule has 0 spiro atoms. The molecule has 1 fully saturated rings. The fourth-order valence-corrected chi connectivity index (χ4v) is 2.66. The second kappa shape index (κ2) is 4.42. The summed E-state index contributed by atoms with van der Waals surface area (Å²) in [5.41, 5.74) is 6.49. The lowest BCUT2D eigenvalue weighted by Crippen LogP contribution is -2.50. The summed E-state index contributed by atoms with van der Waals surface area (Å²) in [6, 6.07) is 0.727. The molecule has 0 saturated carbocycles. The van der Waals surface area contributed by atoms with Crippen molar-refractivity contribution in [3.63, 3.8) is 0 Å². The van der Waals surface area contributed by atoms with Gasteiger partial charge in [-0.1, -0.05) is 20.8 Å². The molecule has 2 heteroatoms. The molecule has 1 unspecified atom stereocenters. The molecule has 1 atom stereocenters. The predicted octanol–water partition coefficient (Wildman–Crippen LogP) is 2.62. The Morgan fingerprint density at radius 2 is 1.87 bits per heavy atom. The normalized spacial score (nSPS) is 24.8. The first-order valence-electron chi connectivity index (χ1n) is 6.29. The molecular formula is C13H28N2. The highest BCUT2D eigenvalue weighted by molar-refractivity contribution is 4.92. The maximum atomic E-state index is 6.12. The lowest BCUT2D eigenvalue weighted by Gasteiger charge is -2.40. The van der Waals surface area contributed by atoms with E-state index in [4.69, 9.17) is 5.73 Å². The summed E-state index contributed by atoms with van der Waals surface area (Å²) >= 11 is 0. The largest absolute Gasteiger partial charge is 0.324 e. The smallest absolute Gasteiger partial charge is 0.0226 e. The van der Waals surface area contributed by atoms with Crippen LogP contribution in [0.3, 0.4) is 0 Å². The van der Waals surface area contributed by atoms with Crippen LogP contribution in [0.2, 0.25) is 0 Å². The van der Waals surface area contributed by atoms with Gasteiger partial charge < -0.3 is 5.73 Å². The van der Waals surface area contributed by atoms with Gasteiger partial charge in [-0.3, -0.25) is 4.90 Å². The van der Waals surface area contributed by atoms with Crippen molar-refractivity contribution in [1.82, 2.24) is 4.90 Å². The van der Waals surface area contributed by atoms with Crippen molar-refractivity contribution in [2.24, 2.45) is 11.1 Å². The lowest BCUT2D eigenvalue weighted by molar-refractivity contribution is 0.105. The van der Waals surface area contributed by atoms with E-state index in [1.54, 1.807) is 0 Å². The molecule has 0 aliphatic carbocycles. The summed E-state index contributed by atoms with van der Waals surface area (Å²) in [7, 11) is 0. The molecule has 2 nitrogen and oxygen atoms in total. The SMILES string of the molecule is CCC(C)(C)C1CCCN1CC(C)(C)N. The van der Waals surface area contributed by atoms with E-state index in [0.29, 0.717) is 5.41 Å². The van der Waals surface area contributed by atoms with Crippen LogP contribution < -0.4 is 5.73 Å². The minimum atomic E-state index is -0.0631. The number of nitrogens with two attached hydrogens (primary N) is 1. The van der Waals surface area contributed by atoms with E-state index in [0.717, 1.165) is 12.6 Å². The van der Waals surface area contributed by atoms with Gasteiger partial charge in [0, 0.05) is 18.1 Å². The molecule has 1 rings (SSSR count). The summed E-state index contributed by atoms with van der Waals surface area (Å²) in [6.07, 6.45) is 3.93. The monoisotopic (exact) mass is 212 g/mol. The molecule has 1 aliphatic rings. The van der Waals surface area contributed by atoms with Crippen LogP contribution in [0.25, 0.3) is 0 Å². The maximum Gasteiger partial charge on any atom is 0.0226 e. The fraction of sp³-hybridized carbons (Fsp3) is 1.00. The third-order valence-electron chi connectivity index (χ3n) is 3.79. The van der Waals surface area contributed by atoms with Crippen molar-refractivity contribution >= 4 is 0 Å². The van der Waals surface area contributed by atoms with E-state index in [9.17, 15) is 0 Å². The summed E-state index contributed by atoms with van der Waals surface area (Å²) in [5, 5.41) is 0. The average Bonchev–Trinajstić information content (AvgIpc) is 2.50. The Morgan fingerprint density at radius 1 is 1.27 bits per heavy atom. The van der Waals surface area contributed by atoms with Crippen molar-refractivity contribution in [2.45, 2.75) is 65.5 Å². The van der Waals surface area contributed by atoms with E-state index in [1.165, 1.54) is 25.8 Å². The minimum absolute atomic E-state index is 0.0631. The number of rotatable bonds is 4. The van der Waals surface area contributed by atoms with Gasteiger partial charge in [-0.05, 0) is 45.1 Å². The lowest BCUT2D eigenvalue weighted by atomic mass is 9.80. The molecule has 0 aromatic rings. The van der Waals surface area contributed by atoms with Gasteiger partial charge in [0.05, 0.1) is 0 Å². The number of hydrogen-bond acceptors (Lipinski definition) is 2. The number of nitrogens with zero attached hydrogens (tertiary/aromatic N) is 1. The zero-order chi connectivity index (χ0) is 11.7. The summed E-state index contributed by atoms with van der Waals surface area (Å²) in [4.78, 5) is 2.60. The Bertz CT molecular complexity index is 203. The van der Waals surface area contributed by atoms with Crippen LogP contribution in [-0.4, -0.2) is 29.6 Å². The van der Waals surface area contributed by atoms with Crippen molar-refractivity contribution < 1.29 is 0 Å². The Labute approximate surface area is 95.2 Å². The van der Waals surface area contributed by atoms with Gasteiger partial charge in [0.1, 0.15) is 0 Å². The quantitative estimate of drug-likeness (QED) is 0.776. The van der Waals surface area contributed by atoms with Gasteiger partial charge in [0.15, 0.2) is 0 Å². The van der Waals surface area contributed by atoms with E-state index < -0.39 is 0 Å². The first-order chi connectivity index (χ1) is 6.76. The van der Waals surface area contributed by atoms with E-state index in [2.05, 4.69) is 39.5 Å². The van der Waals surface area contributed by atoms with Gasteiger partial charge in [-0.2, -0.15) is 0 Å². The van der Waals surface area contributed by atoms with Gasteiger partial charge in [-0.15, -0.1) is 0 Å². The zero-order valence-electron chi connectivity index (χ0n) is 11.1. The number of hydrogen-bond donors (Lipinski definition) is 1. The van der Waals surface area contributed by atoms with Crippen molar-refractivity contribution in [3.8, 4) is 0 Å². The first kappa shape index (κ1) is 13.0. The summed E-state index contributed by atoms with van der Waals surface area (Å²) in [5.74, 6) is 0. The first-order valence-corrected chi connectivity index (χ1v) is 6.29. The Kier molecular flexibility index (Phi) is 3.83. The predicted molar refractivity (Wildman–Crippen MR) is 66.9 cm³/mol. The molecule has 0 amide bonds. The molecule has 90 valence electrons. The van der Waals surface area contributed by atoms with E-state index in [-0.39, 0.29) is 5.54 Å². The molecule has 2 N–H and O–H groups in total. The van der Waals surface area contributed by atoms with Crippen LogP contribution in [0.5, 0.6) is 0 Å². The Morgan fingerprint density at radius 3 is 2.33 bits per heavy atom. The van der Waals surface area contributed by atoms with E-state index in [1.807, 2.05) is 0 Å². The highest BCUT2D eigenvalue weighted by Gasteiger charge is 2.37. The van der Waals surface area contributed by atoms with Crippen molar-refractivity contribution in [2.75, 3.05) is 13.1 Å². The maximum absolute atomic E-state index is 6.12. The highest BCUT2D eigenvalue weighted by atomic mass is 15.2. The third kappa shape index (κ3) is 3.46. The fourth-order valence-electron chi connectivity index (χ4n) is 2.66. The molecule has 15 heavy (non-hydrogen) atoms. The summed E-state index contributed by atoms with van der Waals surface area (Å²) in [6.45, 7) is 13.6. The molecule has 1 heterocycles. The Hall–Kier alpha value is -0.0800. The molecule has 0 aromatic carbocycles. The molecule has 1 aliphatic heterocycles. The van der Waals surface area contributed by atoms with Crippen molar-refractivity contribution in [1.29, 1.82) is 0 Å². The zero-order valence-corrected chi connectivity index (χ0v) is 11.1. The van der Waals surface area contributed by atoms with E-state index >= 15 is 0 Å². The summed E-state index contributed by atoms with van der Waals surface area (Å²) < 4.78 is 0. The van der Waals surface area contributed by atoms with Gasteiger partial charge in [-0.25, -0.2) is 0 Å². The van der Waals surface area contributed by atoms with Crippen LogP contribution in [0.15, 0.2) is 0 Å². The average molecular weight is 212 g/mol. The van der Waals surface area contributed by atoms with Gasteiger partial charge >= 0.3 is 0 Å². The molecular weight excluding hydrogens is 184 g/mol. The molecule has 1 saturated heterocycles. The minimum Gasteiger partial charge on any atom is -0.324 e. The molecule has 0 bridgehead atoms. The Balaban J connectivity index is 2.65. The second-order valence-electron chi connectivity index (χ2n) is 6.46. The van der Waals surface area contributed by atoms with Crippen LogP contribution in [0, 0.1) is 5.41 Å². The van der Waals surface area contributed by atoms with Gasteiger partial charge in [0.25, 0.3) is 0 Å². The standard InChI is InChI=1S/C13H28N2/c1-6-12(2,3)11-8-7-9-15(11)10-13(4,5)14/h11H,6-10,14H2,1-5H3. The van der Waals surface area contributed by atoms with Crippen LogP contribution in [0.4, 0.5) is 0 Å². The third-order valence-corrected chi connectivity index (χ3v) is 3.79. The highest BCUT2D eigenvalue weighted by Crippen LogP contribution is 2.36. The number of likely N-dealkylation sites (tertiary alicyclic amines) is 1. The van der Waals surface area contributed by atoms with Crippen LogP contribution in [-0.2, 0) is 0 Å².